The van der Waals surface area contributed by atoms with Gasteiger partial charge in [-0.2, -0.15) is 4.98 Å². The maximum Gasteiger partial charge on any atom is 0.376 e. The molecule has 0 fully saturated rings. The van der Waals surface area contributed by atoms with Crippen molar-refractivity contribution >= 4 is 23.3 Å². The zero-order valence-electron chi connectivity index (χ0n) is 7.64. The van der Waals surface area contributed by atoms with Gasteiger partial charge in [-0.3, -0.25) is 5.10 Å². The van der Waals surface area contributed by atoms with Crippen LogP contribution in [0.25, 0.3) is 0 Å². The van der Waals surface area contributed by atoms with Crippen LogP contribution in [0.3, 0.4) is 0 Å². The van der Waals surface area contributed by atoms with Gasteiger partial charge < -0.3 is 10.5 Å². The van der Waals surface area contributed by atoms with Crippen LogP contribution in [0.5, 0.6) is 0 Å². The SMILES string of the molecule is Nc1n[nH]c(C(=O)OCc2cccs2)n1. The van der Waals surface area contributed by atoms with Gasteiger partial charge >= 0.3 is 5.97 Å². The Hall–Kier alpha value is -1.89. The van der Waals surface area contributed by atoms with Gasteiger partial charge in [-0.15, -0.1) is 16.4 Å². The van der Waals surface area contributed by atoms with Gasteiger partial charge in [0.05, 0.1) is 0 Å². The number of nitrogens with one attached hydrogen (secondary N) is 1. The molecule has 0 unspecified atom stereocenters. The van der Waals surface area contributed by atoms with Crippen molar-refractivity contribution in [1.82, 2.24) is 15.2 Å². The lowest BCUT2D eigenvalue weighted by molar-refractivity contribution is 0.0463. The molecule has 6 nitrogen and oxygen atoms in total. The lowest BCUT2D eigenvalue weighted by atomic mass is 10.5. The van der Waals surface area contributed by atoms with E-state index in [1.807, 2.05) is 17.5 Å². The molecule has 0 saturated heterocycles. The number of aromatic amines is 1. The molecule has 0 spiro atoms. The zero-order chi connectivity index (χ0) is 10.7. The Labute approximate surface area is 89.1 Å². The molecule has 0 bridgehead atoms. The van der Waals surface area contributed by atoms with E-state index in [1.165, 1.54) is 11.3 Å². The van der Waals surface area contributed by atoms with E-state index in [0.717, 1.165) is 4.88 Å². The number of esters is 1. The molecule has 0 saturated carbocycles. The lowest BCUT2D eigenvalue weighted by Crippen LogP contribution is -2.06. The Morgan fingerprint density at radius 3 is 3.13 bits per heavy atom. The topological polar surface area (TPSA) is 93.9 Å². The van der Waals surface area contributed by atoms with Gasteiger partial charge in [0.15, 0.2) is 0 Å². The molecule has 0 aromatic carbocycles. The second-order valence-corrected chi connectivity index (χ2v) is 3.73. The molecule has 0 aliphatic heterocycles. The largest absolute Gasteiger partial charge is 0.454 e. The van der Waals surface area contributed by atoms with Gasteiger partial charge in [-0.1, -0.05) is 6.07 Å². The predicted molar refractivity (Wildman–Crippen MR) is 54.2 cm³/mol. The number of ether oxygens (including phenoxy) is 1. The number of carbonyl (C=O) groups is 1. The van der Waals surface area contributed by atoms with E-state index in [9.17, 15) is 4.79 Å². The predicted octanol–water partition coefficient (Wildman–Crippen LogP) is 0.805. The molecule has 3 N–H and O–H groups in total. The van der Waals surface area contributed by atoms with E-state index < -0.39 is 5.97 Å². The summed E-state index contributed by atoms with van der Waals surface area (Å²) in [6, 6.07) is 3.77. The second-order valence-electron chi connectivity index (χ2n) is 2.70. The molecule has 0 amide bonds. The fourth-order valence-corrected chi connectivity index (χ4v) is 1.58. The smallest absolute Gasteiger partial charge is 0.376 e. The summed E-state index contributed by atoms with van der Waals surface area (Å²) in [5, 5.41) is 7.82. The quantitative estimate of drug-likeness (QED) is 0.752. The van der Waals surface area contributed by atoms with Gasteiger partial charge in [-0.25, -0.2) is 4.79 Å². The Balaban J connectivity index is 1.93. The molecular formula is C8H8N4O2S. The molecule has 0 aliphatic carbocycles. The zero-order valence-corrected chi connectivity index (χ0v) is 8.45. The number of anilines is 1. The van der Waals surface area contributed by atoms with Crippen LogP contribution in [0.2, 0.25) is 0 Å². The average molecular weight is 224 g/mol. The third kappa shape index (κ3) is 2.32. The highest BCUT2D eigenvalue weighted by Crippen LogP contribution is 2.10. The first kappa shape index (κ1) is 9.66. The normalized spacial score (nSPS) is 10.1. The molecule has 78 valence electrons. The number of rotatable bonds is 3. The van der Waals surface area contributed by atoms with Crippen molar-refractivity contribution in [3.05, 3.63) is 28.2 Å². The third-order valence-electron chi connectivity index (χ3n) is 1.62. The van der Waals surface area contributed by atoms with Crippen molar-refractivity contribution in [3.63, 3.8) is 0 Å². The van der Waals surface area contributed by atoms with E-state index in [0.29, 0.717) is 0 Å². The Morgan fingerprint density at radius 1 is 1.67 bits per heavy atom. The Bertz CT molecular complexity index is 451. The van der Waals surface area contributed by atoms with Crippen molar-refractivity contribution in [2.45, 2.75) is 6.61 Å². The van der Waals surface area contributed by atoms with Crippen molar-refractivity contribution < 1.29 is 9.53 Å². The first-order valence-electron chi connectivity index (χ1n) is 4.13. The van der Waals surface area contributed by atoms with Crippen LogP contribution in [0.15, 0.2) is 17.5 Å². The van der Waals surface area contributed by atoms with Crippen LogP contribution in [-0.4, -0.2) is 21.2 Å². The number of carbonyl (C=O) groups excluding carboxylic acids is 1. The van der Waals surface area contributed by atoms with Gasteiger partial charge in [-0.05, 0) is 11.4 Å². The van der Waals surface area contributed by atoms with Gasteiger partial charge in [0.2, 0.25) is 11.8 Å². The van der Waals surface area contributed by atoms with E-state index in [4.69, 9.17) is 10.5 Å². The summed E-state index contributed by atoms with van der Waals surface area (Å²) >= 11 is 1.52. The number of H-pyrrole nitrogens is 1. The summed E-state index contributed by atoms with van der Waals surface area (Å²) in [5.41, 5.74) is 5.25. The maximum atomic E-state index is 11.3. The Morgan fingerprint density at radius 2 is 2.53 bits per heavy atom. The number of aromatic nitrogens is 3. The van der Waals surface area contributed by atoms with E-state index >= 15 is 0 Å². The highest BCUT2D eigenvalue weighted by atomic mass is 32.1. The standard InChI is InChI=1S/C8H8N4O2S/c9-8-10-6(11-12-8)7(13)14-4-5-2-1-3-15-5/h1-3H,4H2,(H3,9,10,11,12). The monoisotopic (exact) mass is 224 g/mol. The fraction of sp³-hybridized carbons (Fsp3) is 0.125. The summed E-state index contributed by atoms with van der Waals surface area (Å²) in [5.74, 6) is -0.519. The number of thiophene rings is 1. The summed E-state index contributed by atoms with van der Waals surface area (Å²) in [6.07, 6.45) is 0. The first-order chi connectivity index (χ1) is 7.25. The molecule has 2 aromatic heterocycles. The molecular weight excluding hydrogens is 216 g/mol. The molecule has 7 heteroatoms. The molecule has 15 heavy (non-hydrogen) atoms. The number of nitrogens with two attached hydrogens (primary N) is 1. The summed E-state index contributed by atoms with van der Waals surface area (Å²) in [7, 11) is 0. The molecule has 2 aromatic rings. The summed E-state index contributed by atoms with van der Waals surface area (Å²) < 4.78 is 4.97. The van der Waals surface area contributed by atoms with E-state index in [2.05, 4.69) is 15.2 Å². The third-order valence-corrected chi connectivity index (χ3v) is 2.47. The van der Waals surface area contributed by atoms with Crippen LogP contribution in [0.4, 0.5) is 5.95 Å². The van der Waals surface area contributed by atoms with E-state index in [1.54, 1.807) is 0 Å². The molecule has 2 heterocycles. The van der Waals surface area contributed by atoms with Crippen LogP contribution in [0.1, 0.15) is 15.5 Å². The average Bonchev–Trinajstić information content (AvgIpc) is 2.84. The molecule has 0 aliphatic rings. The van der Waals surface area contributed by atoms with E-state index in [-0.39, 0.29) is 18.4 Å². The molecule has 2 rings (SSSR count). The van der Waals surface area contributed by atoms with Crippen LogP contribution in [0, 0.1) is 0 Å². The summed E-state index contributed by atoms with van der Waals surface area (Å²) in [4.78, 5) is 16.0. The highest BCUT2D eigenvalue weighted by Gasteiger charge is 2.12. The van der Waals surface area contributed by atoms with Gasteiger partial charge in [0.25, 0.3) is 0 Å². The highest BCUT2D eigenvalue weighted by molar-refractivity contribution is 7.09. The van der Waals surface area contributed by atoms with Crippen LogP contribution >= 0.6 is 11.3 Å². The number of hydrogen-bond acceptors (Lipinski definition) is 6. The summed E-state index contributed by atoms with van der Waals surface area (Å²) in [6.45, 7) is 0.233. The minimum atomic E-state index is -0.562. The van der Waals surface area contributed by atoms with Crippen molar-refractivity contribution in [2.24, 2.45) is 0 Å². The van der Waals surface area contributed by atoms with Crippen LogP contribution in [-0.2, 0) is 11.3 Å². The molecule has 0 radical (unpaired) electrons. The van der Waals surface area contributed by atoms with Gasteiger partial charge in [0, 0.05) is 4.88 Å². The number of nitrogen functional groups attached to an aromatic ring is 1. The lowest BCUT2D eigenvalue weighted by Gasteiger charge is -1.98. The minimum absolute atomic E-state index is 0.0176. The van der Waals surface area contributed by atoms with Crippen molar-refractivity contribution in [1.29, 1.82) is 0 Å². The molecule has 0 atom stereocenters. The van der Waals surface area contributed by atoms with Gasteiger partial charge in [0.1, 0.15) is 6.61 Å². The maximum absolute atomic E-state index is 11.3. The number of hydrogen-bond donors (Lipinski definition) is 2. The fourth-order valence-electron chi connectivity index (χ4n) is 0.966. The first-order valence-corrected chi connectivity index (χ1v) is 5.01. The van der Waals surface area contributed by atoms with Crippen LogP contribution < -0.4 is 5.73 Å². The minimum Gasteiger partial charge on any atom is -0.454 e. The van der Waals surface area contributed by atoms with Crippen molar-refractivity contribution in [3.8, 4) is 0 Å². The second kappa shape index (κ2) is 4.09. The van der Waals surface area contributed by atoms with Crippen molar-refractivity contribution in [2.75, 3.05) is 5.73 Å². The number of nitrogens with zero attached hydrogens (tertiary/aromatic N) is 2. The Kier molecular flexibility index (Phi) is 2.64.